The minimum absolute atomic E-state index is 0.131. The molecule has 0 bridgehead atoms. The maximum atomic E-state index is 10.7. The van der Waals surface area contributed by atoms with Gasteiger partial charge in [0.05, 0.1) is 13.0 Å². The van der Waals surface area contributed by atoms with Gasteiger partial charge >= 0.3 is 5.97 Å². The number of pyridine rings is 1. The molecule has 94 valence electrons. The van der Waals surface area contributed by atoms with Crippen LogP contribution < -0.4 is 0 Å². The molecule has 2 heterocycles. The number of aliphatic hydroxyl groups excluding tert-OH is 1. The third kappa shape index (κ3) is 2.57. The number of carbonyl (C=O) groups is 1. The van der Waals surface area contributed by atoms with Gasteiger partial charge in [0.15, 0.2) is 0 Å². The van der Waals surface area contributed by atoms with Gasteiger partial charge in [-0.1, -0.05) is 0 Å². The largest absolute Gasteiger partial charge is 0.481 e. The number of carboxylic acids is 1. The summed E-state index contributed by atoms with van der Waals surface area (Å²) in [6.07, 6.45) is 5.16. The Morgan fingerprint density at radius 3 is 2.78 bits per heavy atom. The first kappa shape index (κ1) is 12.3. The fraction of sp³-hybridized carbons (Fsp3) is 0.231. The molecule has 2 aromatic rings. The molecule has 2 rings (SSSR count). The Morgan fingerprint density at radius 2 is 2.22 bits per heavy atom. The van der Waals surface area contributed by atoms with E-state index in [2.05, 4.69) is 4.98 Å². The minimum atomic E-state index is -0.934. The molecule has 0 aliphatic heterocycles. The topological polar surface area (TPSA) is 75.4 Å². The van der Waals surface area contributed by atoms with Crippen LogP contribution in [0.4, 0.5) is 0 Å². The van der Waals surface area contributed by atoms with E-state index in [1.807, 2.05) is 30.0 Å². The second kappa shape index (κ2) is 5.01. The van der Waals surface area contributed by atoms with Gasteiger partial charge in [0, 0.05) is 18.6 Å². The van der Waals surface area contributed by atoms with Gasteiger partial charge in [-0.3, -0.25) is 4.79 Å². The van der Waals surface area contributed by atoms with E-state index >= 15 is 0 Å². The summed E-state index contributed by atoms with van der Waals surface area (Å²) in [4.78, 5) is 14.9. The molecule has 0 aliphatic rings. The van der Waals surface area contributed by atoms with E-state index in [0.29, 0.717) is 16.9 Å². The first-order chi connectivity index (χ1) is 8.60. The zero-order chi connectivity index (χ0) is 13.1. The first-order valence-electron chi connectivity index (χ1n) is 5.55. The lowest BCUT2D eigenvalue weighted by atomic mass is 10.1. The first-order valence-corrected chi connectivity index (χ1v) is 5.55. The maximum absolute atomic E-state index is 10.7. The van der Waals surface area contributed by atoms with Crippen molar-refractivity contribution in [2.24, 2.45) is 0 Å². The van der Waals surface area contributed by atoms with E-state index in [1.165, 1.54) is 6.20 Å². The van der Waals surface area contributed by atoms with Gasteiger partial charge in [-0.2, -0.15) is 0 Å². The lowest BCUT2D eigenvalue weighted by molar-refractivity contribution is -0.136. The molecule has 0 saturated carbocycles. The van der Waals surface area contributed by atoms with Gasteiger partial charge < -0.3 is 14.8 Å². The van der Waals surface area contributed by atoms with E-state index < -0.39 is 5.97 Å². The highest BCUT2D eigenvalue weighted by molar-refractivity contribution is 5.70. The van der Waals surface area contributed by atoms with Gasteiger partial charge in [0.2, 0.25) is 0 Å². The fourth-order valence-corrected chi connectivity index (χ4v) is 1.77. The average Bonchev–Trinajstić information content (AvgIpc) is 2.75. The lowest BCUT2D eigenvalue weighted by Gasteiger charge is -2.08. The van der Waals surface area contributed by atoms with E-state index in [-0.39, 0.29) is 13.0 Å². The number of aromatic nitrogens is 2. The van der Waals surface area contributed by atoms with Crippen molar-refractivity contribution in [3.63, 3.8) is 0 Å². The number of hydrogen-bond donors (Lipinski definition) is 2. The number of nitrogens with zero attached hydrogens (tertiary/aromatic N) is 2. The Kier molecular flexibility index (Phi) is 3.43. The van der Waals surface area contributed by atoms with Gasteiger partial charge in [-0.05, 0) is 35.7 Å². The quantitative estimate of drug-likeness (QED) is 0.852. The summed E-state index contributed by atoms with van der Waals surface area (Å²) in [6, 6.07) is 3.66. The normalized spacial score (nSPS) is 10.6. The van der Waals surface area contributed by atoms with E-state index in [9.17, 15) is 9.90 Å². The molecule has 0 fully saturated rings. The molecular formula is C13H14N2O3. The Balaban J connectivity index is 2.38. The van der Waals surface area contributed by atoms with E-state index in [4.69, 9.17) is 5.11 Å². The standard InChI is InChI=1S/C13H14N2O3/c1-9-2-3-15(7-9)12-4-11(8-16)10(6-14-12)5-13(17)18/h2-4,6-7,16H,5,8H2,1H3,(H,17,18). The van der Waals surface area contributed by atoms with Crippen LogP contribution in [0.5, 0.6) is 0 Å². The summed E-state index contributed by atoms with van der Waals surface area (Å²) < 4.78 is 1.83. The number of carboxylic acid groups (broad SMARTS) is 1. The lowest BCUT2D eigenvalue weighted by Crippen LogP contribution is -2.06. The van der Waals surface area contributed by atoms with Gasteiger partial charge in [0.1, 0.15) is 5.82 Å². The van der Waals surface area contributed by atoms with Gasteiger partial charge in [-0.15, -0.1) is 0 Å². The minimum Gasteiger partial charge on any atom is -0.481 e. The molecule has 0 spiro atoms. The predicted octanol–water partition coefficient (Wildman–Crippen LogP) is 1.30. The van der Waals surface area contributed by atoms with Gasteiger partial charge in [-0.25, -0.2) is 4.98 Å². The third-order valence-corrected chi connectivity index (χ3v) is 2.69. The van der Waals surface area contributed by atoms with Crippen molar-refractivity contribution in [1.82, 2.24) is 9.55 Å². The zero-order valence-corrected chi connectivity index (χ0v) is 10.00. The van der Waals surface area contributed by atoms with Crippen molar-refractivity contribution in [3.8, 4) is 5.82 Å². The van der Waals surface area contributed by atoms with E-state index in [0.717, 1.165) is 5.56 Å². The second-order valence-electron chi connectivity index (χ2n) is 4.14. The highest BCUT2D eigenvalue weighted by atomic mass is 16.4. The molecule has 0 amide bonds. The number of aryl methyl sites for hydroxylation is 1. The van der Waals surface area contributed by atoms with Crippen LogP contribution in [-0.2, 0) is 17.8 Å². The number of aliphatic carboxylic acids is 1. The zero-order valence-electron chi connectivity index (χ0n) is 10.00. The SMILES string of the molecule is Cc1ccn(-c2cc(CO)c(CC(=O)O)cn2)c1. The summed E-state index contributed by atoms with van der Waals surface area (Å²) in [5.74, 6) is -0.266. The fourth-order valence-electron chi connectivity index (χ4n) is 1.77. The molecule has 0 aromatic carbocycles. The second-order valence-corrected chi connectivity index (χ2v) is 4.14. The Morgan fingerprint density at radius 1 is 1.44 bits per heavy atom. The van der Waals surface area contributed by atoms with Crippen LogP contribution in [0, 0.1) is 6.92 Å². The molecule has 5 nitrogen and oxygen atoms in total. The Hall–Kier alpha value is -2.14. The summed E-state index contributed by atoms with van der Waals surface area (Å²) in [6.45, 7) is 1.78. The monoisotopic (exact) mass is 246 g/mol. The number of aliphatic hydroxyl groups is 1. The molecule has 0 unspecified atom stereocenters. The van der Waals surface area contributed by atoms with Crippen LogP contribution in [0.2, 0.25) is 0 Å². The molecule has 0 atom stereocenters. The number of hydrogen-bond acceptors (Lipinski definition) is 3. The van der Waals surface area contributed by atoms with Crippen molar-refractivity contribution in [3.05, 3.63) is 47.4 Å². The molecule has 0 radical (unpaired) electrons. The molecule has 0 saturated heterocycles. The Bertz CT molecular complexity index is 575. The summed E-state index contributed by atoms with van der Waals surface area (Å²) in [5.41, 5.74) is 2.24. The average molecular weight is 246 g/mol. The molecule has 2 N–H and O–H groups in total. The van der Waals surface area contributed by atoms with Crippen molar-refractivity contribution < 1.29 is 15.0 Å². The Labute approximate surface area is 104 Å². The smallest absolute Gasteiger partial charge is 0.307 e. The van der Waals surface area contributed by atoms with Crippen LogP contribution in [0.1, 0.15) is 16.7 Å². The van der Waals surface area contributed by atoms with Crippen LogP contribution in [-0.4, -0.2) is 25.7 Å². The molecule has 5 heteroatoms. The molecule has 18 heavy (non-hydrogen) atoms. The number of rotatable bonds is 4. The van der Waals surface area contributed by atoms with Crippen molar-refractivity contribution in [1.29, 1.82) is 0 Å². The predicted molar refractivity (Wildman–Crippen MR) is 65.6 cm³/mol. The summed E-state index contributed by atoms with van der Waals surface area (Å²) in [5, 5.41) is 18.0. The van der Waals surface area contributed by atoms with Crippen LogP contribution in [0.3, 0.4) is 0 Å². The van der Waals surface area contributed by atoms with Crippen molar-refractivity contribution >= 4 is 5.97 Å². The van der Waals surface area contributed by atoms with Crippen LogP contribution in [0.25, 0.3) is 5.82 Å². The molecule has 2 aromatic heterocycles. The van der Waals surface area contributed by atoms with Crippen LogP contribution >= 0.6 is 0 Å². The van der Waals surface area contributed by atoms with E-state index in [1.54, 1.807) is 6.07 Å². The van der Waals surface area contributed by atoms with Gasteiger partial charge in [0.25, 0.3) is 0 Å². The highest BCUT2D eigenvalue weighted by Crippen LogP contribution is 2.14. The third-order valence-electron chi connectivity index (χ3n) is 2.69. The summed E-state index contributed by atoms with van der Waals surface area (Å²) in [7, 11) is 0. The van der Waals surface area contributed by atoms with Crippen LogP contribution in [0.15, 0.2) is 30.7 Å². The highest BCUT2D eigenvalue weighted by Gasteiger charge is 2.09. The molecular weight excluding hydrogens is 232 g/mol. The van der Waals surface area contributed by atoms with Crippen molar-refractivity contribution in [2.45, 2.75) is 20.0 Å². The maximum Gasteiger partial charge on any atom is 0.307 e. The van der Waals surface area contributed by atoms with Crippen molar-refractivity contribution in [2.75, 3.05) is 0 Å². The summed E-state index contributed by atoms with van der Waals surface area (Å²) >= 11 is 0. The molecule has 0 aliphatic carbocycles.